The molecular weight excluding hydrogens is 558 g/mol. The van der Waals surface area contributed by atoms with Crippen LogP contribution in [0.2, 0.25) is 0 Å². The summed E-state index contributed by atoms with van der Waals surface area (Å²) in [5.74, 6) is -0.196. The number of carboxylic acid groups (broad SMARTS) is 1. The van der Waals surface area contributed by atoms with Crippen molar-refractivity contribution in [2.24, 2.45) is 0 Å². The summed E-state index contributed by atoms with van der Waals surface area (Å²) in [6, 6.07) is 4.05. The average Bonchev–Trinajstić information content (AvgIpc) is 3.18. The molecule has 1 amide bonds. The summed E-state index contributed by atoms with van der Waals surface area (Å²) in [5, 5.41) is 28.4. The van der Waals surface area contributed by atoms with Crippen molar-refractivity contribution < 1.29 is 34.0 Å². The predicted octanol–water partition coefficient (Wildman–Crippen LogP) is 1.41. The van der Waals surface area contributed by atoms with Gasteiger partial charge in [0.2, 0.25) is 17.1 Å². The van der Waals surface area contributed by atoms with Crippen LogP contribution in [0.3, 0.4) is 0 Å². The van der Waals surface area contributed by atoms with E-state index in [2.05, 4.69) is 41.2 Å². The number of rotatable bonds is 13. The van der Waals surface area contributed by atoms with E-state index in [1.807, 2.05) is 6.07 Å². The molecule has 1 aliphatic carbocycles. The van der Waals surface area contributed by atoms with Crippen molar-refractivity contribution in [2.75, 3.05) is 45.9 Å². The van der Waals surface area contributed by atoms with Gasteiger partial charge in [-0.2, -0.15) is 25.3 Å². The van der Waals surface area contributed by atoms with Gasteiger partial charge in [-0.25, -0.2) is 0 Å². The van der Waals surface area contributed by atoms with Gasteiger partial charge in [-0.05, 0) is 47.7 Å². The standard InChI is InChI=1S/C27H35N3O8S2/c1-36-22-10-14-4-6-17(30-26(33)18(12-39)28-8-9-29-19(13-40)27(34)35)16-11-21(32)20(31)7-5-15(16)23(14)25(38-3)24(22)37-2/h5,7,10-11,17-19,28-29,39-40H,4,6,8-9,12-13H2,1-3H3,(H,30,33)(H,31,32)(H,34,35)/t17-,18+,19+/m0/s1. The van der Waals surface area contributed by atoms with Crippen LogP contribution in [0.5, 0.6) is 23.0 Å². The van der Waals surface area contributed by atoms with Gasteiger partial charge in [-0.15, -0.1) is 0 Å². The molecular formula is C27H35N3O8S2. The van der Waals surface area contributed by atoms with E-state index in [4.69, 9.17) is 19.3 Å². The van der Waals surface area contributed by atoms with Gasteiger partial charge in [0.15, 0.2) is 17.2 Å². The van der Waals surface area contributed by atoms with Crippen LogP contribution in [0.1, 0.15) is 23.6 Å². The van der Waals surface area contributed by atoms with Gasteiger partial charge in [0, 0.05) is 30.2 Å². The molecule has 0 heterocycles. The number of thiol groups is 2. The lowest BCUT2D eigenvalue weighted by Gasteiger charge is -2.23. The molecule has 0 aliphatic heterocycles. The Bertz CT molecular complexity index is 1290. The fourth-order valence-electron chi connectivity index (χ4n) is 4.69. The van der Waals surface area contributed by atoms with E-state index in [1.165, 1.54) is 33.5 Å². The van der Waals surface area contributed by atoms with Crippen LogP contribution in [-0.2, 0) is 16.0 Å². The number of amides is 1. The third-order valence-electron chi connectivity index (χ3n) is 6.72. The lowest BCUT2D eigenvalue weighted by Crippen LogP contribution is -2.49. The zero-order chi connectivity index (χ0) is 29.4. The Labute approximate surface area is 243 Å². The van der Waals surface area contributed by atoms with Gasteiger partial charge < -0.3 is 40.4 Å². The molecule has 0 fully saturated rings. The van der Waals surface area contributed by atoms with Gasteiger partial charge in [-0.3, -0.25) is 14.4 Å². The summed E-state index contributed by atoms with van der Waals surface area (Å²) in [6.07, 6.45) is 0.955. The molecule has 1 aliphatic rings. The van der Waals surface area contributed by atoms with Crippen LogP contribution in [0.25, 0.3) is 11.1 Å². The van der Waals surface area contributed by atoms with Crippen LogP contribution in [-0.4, -0.2) is 80.1 Å². The Morgan fingerprint density at radius 1 is 1.00 bits per heavy atom. The zero-order valence-corrected chi connectivity index (χ0v) is 24.3. The lowest BCUT2D eigenvalue weighted by atomic mass is 9.95. The third kappa shape index (κ3) is 6.95. The van der Waals surface area contributed by atoms with Crippen molar-refractivity contribution in [3.63, 3.8) is 0 Å². The number of methoxy groups -OCH3 is 3. The fraction of sp³-hybridized carbons (Fsp3) is 0.444. The number of benzene rings is 1. The summed E-state index contributed by atoms with van der Waals surface area (Å²) < 4.78 is 16.9. The molecule has 0 aromatic heterocycles. The summed E-state index contributed by atoms with van der Waals surface area (Å²) in [7, 11) is 4.54. The van der Waals surface area contributed by atoms with E-state index >= 15 is 0 Å². The van der Waals surface area contributed by atoms with Crippen molar-refractivity contribution in [3.05, 3.63) is 45.6 Å². The lowest BCUT2D eigenvalue weighted by molar-refractivity contribution is -0.138. The number of fused-ring (bicyclic) bond motifs is 3. The molecule has 0 bridgehead atoms. The van der Waals surface area contributed by atoms with E-state index in [0.29, 0.717) is 59.9 Å². The van der Waals surface area contributed by atoms with Gasteiger partial charge in [0.1, 0.15) is 6.04 Å². The first-order valence-corrected chi connectivity index (χ1v) is 13.9. The number of hydrogen-bond acceptors (Lipinski definition) is 11. The van der Waals surface area contributed by atoms with E-state index in [-0.39, 0.29) is 17.4 Å². The highest BCUT2D eigenvalue weighted by atomic mass is 32.1. The van der Waals surface area contributed by atoms with Gasteiger partial charge in [0.05, 0.1) is 33.4 Å². The molecule has 3 atom stereocenters. The molecule has 5 N–H and O–H groups in total. The number of nitrogens with one attached hydrogen (secondary N) is 3. The maximum Gasteiger partial charge on any atom is 0.321 e. The molecule has 0 spiro atoms. The molecule has 13 heteroatoms. The Hall–Kier alpha value is -3.13. The molecule has 2 aromatic carbocycles. The zero-order valence-electron chi connectivity index (χ0n) is 22.5. The maximum atomic E-state index is 13.3. The van der Waals surface area contributed by atoms with Crippen molar-refractivity contribution >= 4 is 37.1 Å². The minimum atomic E-state index is -1.00. The minimum Gasteiger partial charge on any atom is -0.504 e. The number of aliphatic carboxylic acids is 1. The van der Waals surface area contributed by atoms with E-state index in [0.717, 1.165) is 5.56 Å². The number of aromatic hydroxyl groups is 1. The predicted molar refractivity (Wildman–Crippen MR) is 158 cm³/mol. The monoisotopic (exact) mass is 593 g/mol. The van der Waals surface area contributed by atoms with Crippen molar-refractivity contribution in [3.8, 4) is 34.1 Å². The van der Waals surface area contributed by atoms with Gasteiger partial charge in [-0.1, -0.05) is 6.07 Å². The average molecular weight is 594 g/mol. The quantitative estimate of drug-likeness (QED) is 0.134. The number of carbonyl (C=O) groups is 2. The fourth-order valence-corrected chi connectivity index (χ4v) is 5.27. The summed E-state index contributed by atoms with van der Waals surface area (Å²) in [5.41, 5.74) is 2.06. The number of carbonyl (C=O) groups excluding carboxylic acids is 1. The van der Waals surface area contributed by atoms with Gasteiger partial charge in [0.25, 0.3) is 0 Å². The Balaban J connectivity index is 1.95. The molecule has 2 aromatic rings. The Kier molecular flexibility index (Phi) is 11.4. The number of hydrogen-bond donors (Lipinski definition) is 7. The van der Waals surface area contributed by atoms with Crippen LogP contribution in [0.4, 0.5) is 0 Å². The van der Waals surface area contributed by atoms with Crippen molar-refractivity contribution in [1.29, 1.82) is 0 Å². The SMILES string of the molecule is COc1cc2c(c(OC)c1OC)-c1ccc(O)c(=O)cc1[C@@H](NC(=O)[C@@H](CS)NCCN[C@H](CS)C(=O)O)CC2. The highest BCUT2D eigenvalue weighted by Crippen LogP contribution is 2.50. The van der Waals surface area contributed by atoms with E-state index < -0.39 is 35.3 Å². The smallest absolute Gasteiger partial charge is 0.321 e. The normalized spacial score (nSPS) is 15.6. The van der Waals surface area contributed by atoms with E-state index in [1.54, 1.807) is 6.07 Å². The van der Waals surface area contributed by atoms with Crippen molar-refractivity contribution in [1.82, 2.24) is 16.0 Å². The molecule has 0 saturated carbocycles. The number of ether oxygens (including phenoxy) is 3. The first kappa shape index (κ1) is 31.4. The highest BCUT2D eigenvalue weighted by Gasteiger charge is 2.31. The minimum absolute atomic E-state index is 0.131. The molecule has 0 saturated heterocycles. The number of aryl methyl sites for hydroxylation is 1. The van der Waals surface area contributed by atoms with Crippen LogP contribution < -0.4 is 35.6 Å². The Morgan fingerprint density at radius 3 is 2.23 bits per heavy atom. The van der Waals surface area contributed by atoms with Crippen LogP contribution >= 0.6 is 25.3 Å². The molecule has 0 radical (unpaired) electrons. The van der Waals surface area contributed by atoms with Crippen molar-refractivity contribution in [2.45, 2.75) is 31.0 Å². The largest absolute Gasteiger partial charge is 0.504 e. The highest BCUT2D eigenvalue weighted by molar-refractivity contribution is 7.80. The Morgan fingerprint density at radius 2 is 1.65 bits per heavy atom. The molecule has 11 nitrogen and oxygen atoms in total. The second kappa shape index (κ2) is 14.5. The first-order valence-electron chi connectivity index (χ1n) is 12.6. The molecule has 0 unspecified atom stereocenters. The maximum absolute atomic E-state index is 13.3. The first-order chi connectivity index (χ1) is 19.2. The summed E-state index contributed by atoms with van der Waals surface area (Å²) in [4.78, 5) is 37.2. The second-order valence-corrected chi connectivity index (χ2v) is 9.82. The van der Waals surface area contributed by atoms with Gasteiger partial charge >= 0.3 is 5.97 Å². The summed E-state index contributed by atoms with van der Waals surface area (Å²) in [6.45, 7) is 0.613. The summed E-state index contributed by atoms with van der Waals surface area (Å²) >= 11 is 8.35. The molecule has 3 rings (SSSR count). The van der Waals surface area contributed by atoms with Crippen LogP contribution in [0, 0.1) is 0 Å². The topological polar surface area (TPSA) is 155 Å². The molecule has 218 valence electrons. The van der Waals surface area contributed by atoms with E-state index in [9.17, 15) is 19.5 Å². The molecule has 40 heavy (non-hydrogen) atoms. The third-order valence-corrected chi connectivity index (χ3v) is 7.45. The van der Waals surface area contributed by atoms with Crippen LogP contribution in [0.15, 0.2) is 29.1 Å². The second-order valence-electron chi connectivity index (χ2n) is 9.09. The number of carboxylic acids is 1.